The minimum Gasteiger partial charge on any atom is -0.478 e. The van der Waals surface area contributed by atoms with E-state index < -0.39 is 17.0 Å². The van der Waals surface area contributed by atoms with Crippen molar-refractivity contribution < 1.29 is 14.1 Å². The average molecular weight is 445 g/mol. The highest BCUT2D eigenvalue weighted by Gasteiger charge is 2.19. The van der Waals surface area contributed by atoms with Crippen molar-refractivity contribution in [3.8, 4) is 10.4 Å². The number of carbonyl (C=O) groups is 1. The molecule has 4 rings (SSSR count). The van der Waals surface area contributed by atoms with Gasteiger partial charge in [0.05, 0.1) is 21.4 Å². The van der Waals surface area contributed by atoms with Gasteiger partial charge in [0.2, 0.25) is 0 Å². The molecule has 1 aliphatic rings. The van der Waals surface area contributed by atoms with E-state index in [0.717, 1.165) is 36.7 Å². The molecule has 1 atom stereocenters. The summed E-state index contributed by atoms with van der Waals surface area (Å²) in [5.74, 6) is -0.341. The molecule has 1 aliphatic heterocycles. The first-order valence-electron chi connectivity index (χ1n) is 9.20. The van der Waals surface area contributed by atoms with Gasteiger partial charge in [0.25, 0.3) is 0 Å². The number of aromatic carboxylic acids is 1. The Hall–Kier alpha value is -2.89. The van der Waals surface area contributed by atoms with Crippen molar-refractivity contribution in [1.29, 1.82) is 0 Å². The summed E-state index contributed by atoms with van der Waals surface area (Å²) >= 11 is 1.40. The number of rotatable bonds is 6. The van der Waals surface area contributed by atoms with Crippen molar-refractivity contribution in [3.63, 3.8) is 0 Å². The molecule has 3 aromatic heterocycles. The number of aromatic nitrogens is 3. The Labute approximate surface area is 180 Å². The third-order valence-corrected chi connectivity index (χ3v) is 6.78. The standard InChI is InChI=1S/C19H20N6O3S2/c1-30(28)25-6-4-24(5-7-25)15-2-3-21-17(9-15)23-19-22-12-16(29-19)13-8-14(18(26)27)11-20-10-13/h2-3,8-12H,4-7H2,1H3,(H,26,27)(H,21,22,23). The van der Waals surface area contributed by atoms with Gasteiger partial charge in [-0.15, -0.1) is 0 Å². The second-order valence-electron chi connectivity index (χ2n) is 6.66. The maximum atomic E-state index is 11.6. The van der Waals surface area contributed by atoms with Crippen molar-refractivity contribution in [3.05, 3.63) is 48.5 Å². The van der Waals surface area contributed by atoms with Crippen molar-refractivity contribution in [2.75, 3.05) is 42.7 Å². The molecule has 0 aliphatic carbocycles. The smallest absolute Gasteiger partial charge is 0.337 e. The second kappa shape index (κ2) is 8.86. The number of anilines is 3. The number of carboxylic acid groups (broad SMARTS) is 1. The zero-order chi connectivity index (χ0) is 21.1. The number of carboxylic acids is 1. The van der Waals surface area contributed by atoms with E-state index in [0.29, 0.717) is 16.5 Å². The van der Waals surface area contributed by atoms with E-state index in [1.807, 2.05) is 16.4 Å². The number of hydrogen-bond acceptors (Lipinski definition) is 8. The highest BCUT2D eigenvalue weighted by molar-refractivity contribution is 7.81. The van der Waals surface area contributed by atoms with Crippen LogP contribution in [0.25, 0.3) is 10.4 Å². The topological polar surface area (TPSA) is 112 Å². The molecule has 0 bridgehead atoms. The Bertz CT molecular complexity index is 1080. The van der Waals surface area contributed by atoms with E-state index in [1.54, 1.807) is 30.9 Å². The number of piperazine rings is 1. The highest BCUT2D eigenvalue weighted by atomic mass is 32.2. The van der Waals surface area contributed by atoms with Gasteiger partial charge in [-0.2, -0.15) is 0 Å². The zero-order valence-corrected chi connectivity index (χ0v) is 17.8. The van der Waals surface area contributed by atoms with Crippen LogP contribution in [-0.4, -0.2) is 67.0 Å². The van der Waals surface area contributed by atoms with Gasteiger partial charge >= 0.3 is 5.97 Å². The summed E-state index contributed by atoms with van der Waals surface area (Å²) in [6.45, 7) is 3.12. The third-order valence-electron chi connectivity index (χ3n) is 4.72. The van der Waals surface area contributed by atoms with Crippen LogP contribution in [0.2, 0.25) is 0 Å². The normalized spacial score (nSPS) is 15.7. The molecular formula is C19H20N6O3S2. The Morgan fingerprint density at radius 3 is 2.70 bits per heavy atom. The first-order valence-corrected chi connectivity index (χ1v) is 11.5. The molecular weight excluding hydrogens is 424 g/mol. The molecule has 156 valence electrons. The fourth-order valence-corrected chi connectivity index (χ4v) is 4.64. The maximum Gasteiger partial charge on any atom is 0.337 e. The second-order valence-corrected chi connectivity index (χ2v) is 9.06. The molecule has 4 heterocycles. The Balaban J connectivity index is 1.46. The molecule has 1 fully saturated rings. The summed E-state index contributed by atoms with van der Waals surface area (Å²) in [7, 11) is -0.934. The monoisotopic (exact) mass is 444 g/mol. The van der Waals surface area contributed by atoms with E-state index in [2.05, 4.69) is 25.2 Å². The van der Waals surface area contributed by atoms with Gasteiger partial charge < -0.3 is 15.3 Å². The summed E-state index contributed by atoms with van der Waals surface area (Å²) in [5, 5.41) is 13.0. The molecule has 0 radical (unpaired) electrons. The van der Waals surface area contributed by atoms with Crippen LogP contribution in [0.4, 0.5) is 16.6 Å². The fourth-order valence-electron chi connectivity index (χ4n) is 3.15. The predicted octanol–water partition coefficient (Wildman–Crippen LogP) is 2.46. The van der Waals surface area contributed by atoms with E-state index in [1.165, 1.54) is 17.5 Å². The number of nitrogens with zero attached hydrogens (tertiary/aromatic N) is 5. The highest BCUT2D eigenvalue weighted by Crippen LogP contribution is 2.31. The Morgan fingerprint density at radius 2 is 1.97 bits per heavy atom. The summed E-state index contributed by atoms with van der Waals surface area (Å²) in [4.78, 5) is 26.9. The van der Waals surface area contributed by atoms with E-state index in [4.69, 9.17) is 5.11 Å². The van der Waals surface area contributed by atoms with Crippen LogP contribution >= 0.6 is 11.3 Å². The predicted molar refractivity (Wildman–Crippen MR) is 118 cm³/mol. The van der Waals surface area contributed by atoms with Crippen molar-refractivity contribution in [1.82, 2.24) is 19.3 Å². The number of thiazole rings is 1. The fraction of sp³-hybridized carbons (Fsp3) is 0.263. The number of pyridine rings is 2. The zero-order valence-electron chi connectivity index (χ0n) is 16.2. The third kappa shape index (κ3) is 4.64. The van der Waals surface area contributed by atoms with E-state index in [9.17, 15) is 9.00 Å². The molecule has 0 saturated carbocycles. The lowest BCUT2D eigenvalue weighted by Gasteiger charge is -2.34. The van der Waals surface area contributed by atoms with Gasteiger partial charge in [0, 0.05) is 74.5 Å². The van der Waals surface area contributed by atoms with Gasteiger partial charge in [-0.25, -0.2) is 23.3 Å². The first kappa shape index (κ1) is 20.4. The maximum absolute atomic E-state index is 11.6. The quantitative estimate of drug-likeness (QED) is 0.596. The van der Waals surface area contributed by atoms with Crippen LogP contribution < -0.4 is 10.2 Å². The summed E-state index contributed by atoms with van der Waals surface area (Å²) in [6, 6.07) is 5.50. The van der Waals surface area contributed by atoms with Gasteiger partial charge in [0.1, 0.15) is 5.82 Å². The van der Waals surface area contributed by atoms with Crippen LogP contribution in [0.15, 0.2) is 43.0 Å². The SMILES string of the molecule is CS(=O)N1CCN(c2ccnc(Nc3ncc(-c4cncc(C(=O)O)c4)s3)c2)CC1. The Kier molecular flexibility index (Phi) is 6.02. The van der Waals surface area contributed by atoms with Gasteiger partial charge in [0.15, 0.2) is 5.13 Å². The molecule has 30 heavy (non-hydrogen) atoms. The number of nitrogens with one attached hydrogen (secondary N) is 1. The minimum absolute atomic E-state index is 0.136. The molecule has 1 saturated heterocycles. The number of hydrogen-bond donors (Lipinski definition) is 2. The molecule has 0 amide bonds. The van der Waals surface area contributed by atoms with Crippen molar-refractivity contribution in [2.24, 2.45) is 0 Å². The van der Waals surface area contributed by atoms with Crippen LogP contribution in [-0.2, 0) is 11.0 Å². The first-order chi connectivity index (χ1) is 14.5. The van der Waals surface area contributed by atoms with Crippen molar-refractivity contribution in [2.45, 2.75) is 0 Å². The molecule has 3 aromatic rings. The van der Waals surface area contributed by atoms with E-state index in [-0.39, 0.29) is 5.56 Å². The largest absolute Gasteiger partial charge is 0.478 e. The molecule has 0 spiro atoms. The van der Waals surface area contributed by atoms with Gasteiger partial charge in [-0.3, -0.25) is 4.98 Å². The molecule has 11 heteroatoms. The molecule has 1 unspecified atom stereocenters. The Morgan fingerprint density at radius 1 is 1.17 bits per heavy atom. The van der Waals surface area contributed by atoms with Crippen LogP contribution in [0.5, 0.6) is 0 Å². The molecule has 2 N–H and O–H groups in total. The molecule has 9 nitrogen and oxygen atoms in total. The lowest BCUT2D eigenvalue weighted by molar-refractivity contribution is 0.0696. The minimum atomic E-state index is -1.01. The summed E-state index contributed by atoms with van der Waals surface area (Å²) < 4.78 is 13.6. The van der Waals surface area contributed by atoms with Crippen LogP contribution in [0.3, 0.4) is 0 Å². The lowest BCUT2D eigenvalue weighted by atomic mass is 10.2. The summed E-state index contributed by atoms with van der Waals surface area (Å²) in [5.41, 5.74) is 1.88. The summed E-state index contributed by atoms with van der Waals surface area (Å²) in [6.07, 6.45) is 8.08. The molecule has 0 aromatic carbocycles. The van der Waals surface area contributed by atoms with Crippen LogP contribution in [0, 0.1) is 0 Å². The van der Waals surface area contributed by atoms with Gasteiger partial charge in [-0.05, 0) is 12.1 Å². The van der Waals surface area contributed by atoms with Gasteiger partial charge in [-0.1, -0.05) is 11.3 Å². The lowest BCUT2D eigenvalue weighted by Crippen LogP contribution is -2.46. The van der Waals surface area contributed by atoms with Crippen molar-refractivity contribution >= 4 is 44.9 Å². The average Bonchev–Trinajstić information content (AvgIpc) is 3.22. The van der Waals surface area contributed by atoms with Crippen LogP contribution in [0.1, 0.15) is 10.4 Å². The van der Waals surface area contributed by atoms with E-state index >= 15 is 0 Å².